The fourth-order valence-electron chi connectivity index (χ4n) is 3.16. The molecule has 0 saturated carbocycles. The molecule has 0 spiro atoms. The zero-order chi connectivity index (χ0) is 15.5. The van der Waals surface area contributed by atoms with E-state index in [1.54, 1.807) is 14.2 Å². The minimum atomic E-state index is -0.117. The van der Waals surface area contributed by atoms with Gasteiger partial charge < -0.3 is 19.5 Å². The van der Waals surface area contributed by atoms with Gasteiger partial charge in [-0.1, -0.05) is 6.07 Å². The third-order valence-electron chi connectivity index (χ3n) is 4.22. The van der Waals surface area contributed by atoms with Crippen LogP contribution >= 0.6 is 0 Å². The van der Waals surface area contributed by atoms with E-state index in [-0.39, 0.29) is 17.9 Å². The van der Waals surface area contributed by atoms with Crippen molar-refractivity contribution >= 4 is 5.91 Å². The molecule has 1 aromatic carbocycles. The van der Waals surface area contributed by atoms with Crippen LogP contribution in [0.3, 0.4) is 0 Å². The molecule has 0 aliphatic carbocycles. The normalized spacial score (nSPS) is 25.3. The van der Waals surface area contributed by atoms with E-state index in [1.807, 2.05) is 18.2 Å². The first-order valence-electron chi connectivity index (χ1n) is 7.51. The summed E-state index contributed by atoms with van der Waals surface area (Å²) in [4.78, 5) is 14.3. The van der Waals surface area contributed by atoms with Crippen molar-refractivity contribution in [3.05, 3.63) is 23.8 Å². The molecule has 2 saturated heterocycles. The summed E-state index contributed by atoms with van der Waals surface area (Å²) in [7, 11) is 3.32. The highest BCUT2D eigenvalue weighted by molar-refractivity contribution is 5.80. The third-order valence-corrected chi connectivity index (χ3v) is 4.22. The average Bonchev–Trinajstić information content (AvgIpc) is 2.76. The number of fused-ring (bicyclic) bond motifs is 3. The largest absolute Gasteiger partial charge is 0.496 e. The first kappa shape index (κ1) is 15.1. The average molecular weight is 306 g/mol. The van der Waals surface area contributed by atoms with Crippen LogP contribution in [0, 0.1) is 5.92 Å². The third kappa shape index (κ3) is 3.03. The van der Waals surface area contributed by atoms with Gasteiger partial charge in [-0.3, -0.25) is 9.69 Å². The lowest BCUT2D eigenvalue weighted by Gasteiger charge is -2.28. The minimum absolute atomic E-state index is 0.0423. The lowest BCUT2D eigenvalue weighted by Crippen LogP contribution is -2.41. The molecule has 22 heavy (non-hydrogen) atoms. The van der Waals surface area contributed by atoms with Crippen molar-refractivity contribution in [3.8, 4) is 11.5 Å². The molecule has 2 bridgehead atoms. The minimum Gasteiger partial charge on any atom is -0.496 e. The number of hydrogen-bond donors (Lipinski definition) is 1. The maximum Gasteiger partial charge on any atom is 0.227 e. The number of amides is 1. The summed E-state index contributed by atoms with van der Waals surface area (Å²) in [6.45, 7) is 3.20. The molecule has 1 N–H and O–H groups in total. The molecule has 2 aliphatic heterocycles. The Balaban J connectivity index is 1.83. The monoisotopic (exact) mass is 306 g/mol. The Morgan fingerprint density at radius 2 is 1.95 bits per heavy atom. The Bertz CT molecular complexity index is 527. The van der Waals surface area contributed by atoms with E-state index in [2.05, 4.69) is 10.2 Å². The lowest BCUT2D eigenvalue weighted by atomic mass is 10.1. The van der Waals surface area contributed by atoms with Gasteiger partial charge in [0.1, 0.15) is 11.5 Å². The highest BCUT2D eigenvalue weighted by Gasteiger charge is 2.33. The maximum atomic E-state index is 12.1. The van der Waals surface area contributed by atoms with Crippen LogP contribution in [0.1, 0.15) is 5.56 Å². The van der Waals surface area contributed by atoms with Crippen molar-refractivity contribution in [1.29, 1.82) is 0 Å². The number of rotatable bonds is 4. The SMILES string of the molecule is COc1cccc(OC)c1CN1C[C@H]2COC[C@@H](C1)C(=O)N2. The topological polar surface area (TPSA) is 60.0 Å². The molecule has 2 aliphatic rings. The number of ether oxygens (including phenoxy) is 3. The standard InChI is InChI=1S/C16H22N2O4/c1-20-14-4-3-5-15(21-2)13(14)8-18-6-11-9-22-10-12(7-18)17-16(11)19/h3-5,11-12H,6-10H2,1-2H3,(H,17,19)/t11-,12+/m1/s1. The van der Waals surface area contributed by atoms with E-state index in [0.717, 1.165) is 23.6 Å². The summed E-state index contributed by atoms with van der Waals surface area (Å²) in [5.74, 6) is 1.60. The van der Waals surface area contributed by atoms with Gasteiger partial charge in [-0.25, -0.2) is 0 Å². The zero-order valence-electron chi connectivity index (χ0n) is 13.0. The maximum absolute atomic E-state index is 12.1. The predicted molar refractivity (Wildman–Crippen MR) is 81.1 cm³/mol. The highest BCUT2D eigenvalue weighted by atomic mass is 16.5. The van der Waals surface area contributed by atoms with Gasteiger partial charge in [0.15, 0.2) is 0 Å². The quantitative estimate of drug-likeness (QED) is 0.885. The van der Waals surface area contributed by atoms with E-state index < -0.39 is 0 Å². The second kappa shape index (κ2) is 6.54. The molecule has 120 valence electrons. The molecular weight excluding hydrogens is 284 g/mol. The number of carbonyl (C=O) groups excluding carboxylic acids is 1. The van der Waals surface area contributed by atoms with Crippen LogP contribution in [0.4, 0.5) is 0 Å². The first-order valence-corrected chi connectivity index (χ1v) is 7.51. The molecule has 6 nitrogen and oxygen atoms in total. The summed E-state index contributed by atoms with van der Waals surface area (Å²) in [5, 5.41) is 3.05. The number of carbonyl (C=O) groups is 1. The zero-order valence-corrected chi connectivity index (χ0v) is 13.0. The molecule has 2 atom stereocenters. The molecule has 0 aromatic heterocycles. The van der Waals surface area contributed by atoms with Crippen LogP contribution < -0.4 is 14.8 Å². The predicted octanol–water partition coefficient (Wildman–Crippen LogP) is 0.651. The van der Waals surface area contributed by atoms with Gasteiger partial charge in [0.25, 0.3) is 0 Å². The number of nitrogens with one attached hydrogen (secondary N) is 1. The summed E-state index contributed by atoms with van der Waals surface area (Å²) >= 11 is 0. The van der Waals surface area contributed by atoms with E-state index in [9.17, 15) is 4.79 Å². The Hall–Kier alpha value is -1.79. The van der Waals surface area contributed by atoms with Crippen molar-refractivity contribution in [1.82, 2.24) is 10.2 Å². The van der Waals surface area contributed by atoms with Gasteiger partial charge >= 0.3 is 0 Å². The summed E-state index contributed by atoms with van der Waals surface area (Å²) in [6.07, 6.45) is 0. The molecule has 3 rings (SSSR count). The van der Waals surface area contributed by atoms with Crippen LogP contribution in [0.15, 0.2) is 18.2 Å². The Morgan fingerprint density at radius 3 is 2.64 bits per heavy atom. The molecule has 0 radical (unpaired) electrons. The Labute approximate surface area is 130 Å². The second-order valence-corrected chi connectivity index (χ2v) is 5.78. The molecule has 1 aromatic rings. The second-order valence-electron chi connectivity index (χ2n) is 5.78. The summed E-state index contributed by atoms with van der Waals surface area (Å²) < 4.78 is 16.5. The van der Waals surface area contributed by atoms with Crippen molar-refractivity contribution < 1.29 is 19.0 Å². The molecule has 0 unspecified atom stereocenters. The fourth-order valence-corrected chi connectivity index (χ4v) is 3.16. The number of benzene rings is 1. The number of nitrogens with zero attached hydrogens (tertiary/aromatic N) is 1. The summed E-state index contributed by atoms with van der Waals surface area (Å²) in [5.41, 5.74) is 1.01. The van der Waals surface area contributed by atoms with Crippen LogP contribution in [-0.2, 0) is 16.1 Å². The van der Waals surface area contributed by atoms with Gasteiger partial charge in [0.05, 0.1) is 45.0 Å². The molecule has 6 heteroatoms. The van der Waals surface area contributed by atoms with Crippen molar-refractivity contribution in [3.63, 3.8) is 0 Å². The van der Waals surface area contributed by atoms with E-state index in [0.29, 0.717) is 26.3 Å². The number of hydrogen-bond acceptors (Lipinski definition) is 5. The summed E-state index contributed by atoms with van der Waals surface area (Å²) in [6, 6.07) is 5.82. The van der Waals surface area contributed by atoms with E-state index >= 15 is 0 Å². The van der Waals surface area contributed by atoms with Gasteiger partial charge in [-0.05, 0) is 12.1 Å². The number of methoxy groups -OCH3 is 2. The lowest BCUT2D eigenvalue weighted by molar-refractivity contribution is -0.125. The van der Waals surface area contributed by atoms with E-state index in [4.69, 9.17) is 14.2 Å². The van der Waals surface area contributed by atoms with Crippen LogP contribution in [-0.4, -0.2) is 57.4 Å². The van der Waals surface area contributed by atoms with Gasteiger partial charge in [-0.2, -0.15) is 0 Å². The molecule has 1 amide bonds. The van der Waals surface area contributed by atoms with E-state index in [1.165, 1.54) is 0 Å². The molecule has 2 heterocycles. The van der Waals surface area contributed by atoms with Crippen molar-refractivity contribution in [2.75, 3.05) is 40.5 Å². The van der Waals surface area contributed by atoms with Crippen LogP contribution in [0.5, 0.6) is 11.5 Å². The fraction of sp³-hybridized carbons (Fsp3) is 0.562. The Kier molecular flexibility index (Phi) is 4.49. The van der Waals surface area contributed by atoms with Gasteiger partial charge in [0, 0.05) is 19.6 Å². The van der Waals surface area contributed by atoms with Crippen molar-refractivity contribution in [2.24, 2.45) is 5.92 Å². The van der Waals surface area contributed by atoms with Crippen molar-refractivity contribution in [2.45, 2.75) is 12.6 Å². The van der Waals surface area contributed by atoms with Crippen LogP contribution in [0.25, 0.3) is 0 Å². The van der Waals surface area contributed by atoms with Crippen LogP contribution in [0.2, 0.25) is 0 Å². The molecular formula is C16H22N2O4. The van der Waals surface area contributed by atoms with Gasteiger partial charge in [-0.15, -0.1) is 0 Å². The highest BCUT2D eigenvalue weighted by Crippen LogP contribution is 2.30. The first-order chi connectivity index (χ1) is 10.7. The van der Waals surface area contributed by atoms with Gasteiger partial charge in [0.2, 0.25) is 5.91 Å². The Morgan fingerprint density at radius 1 is 1.23 bits per heavy atom. The smallest absolute Gasteiger partial charge is 0.227 e. The molecule has 2 fully saturated rings.